The Labute approximate surface area is 337 Å². The third-order valence-electron chi connectivity index (χ3n) is 10.2. The zero-order chi connectivity index (χ0) is 39.3. The normalized spacial score (nSPS) is 17.3. The second-order valence-corrected chi connectivity index (χ2v) is 15.7. The van der Waals surface area contributed by atoms with E-state index in [0.717, 1.165) is 34.4 Å². The van der Waals surface area contributed by atoms with E-state index < -0.39 is 17.8 Å². The molecule has 0 unspecified atom stereocenters. The fourth-order valence-electron chi connectivity index (χ4n) is 7.18. The first-order valence-corrected chi connectivity index (χ1v) is 20.1. The lowest BCUT2D eigenvalue weighted by molar-refractivity contribution is -0.137. The second kappa shape index (κ2) is 17.6. The van der Waals surface area contributed by atoms with Crippen LogP contribution in [-0.2, 0) is 32.1 Å². The van der Waals surface area contributed by atoms with Gasteiger partial charge in [0.1, 0.15) is 11.9 Å². The summed E-state index contributed by atoms with van der Waals surface area (Å²) in [6.07, 6.45) is 7.98. The van der Waals surface area contributed by atoms with Gasteiger partial charge in [0.2, 0.25) is 17.7 Å². The summed E-state index contributed by atoms with van der Waals surface area (Å²) < 4.78 is 27.5. The van der Waals surface area contributed by atoms with Crippen molar-refractivity contribution in [3.05, 3.63) is 87.5 Å². The molecule has 3 aliphatic rings. The van der Waals surface area contributed by atoms with E-state index >= 15 is 0 Å². The van der Waals surface area contributed by atoms with E-state index in [0.29, 0.717) is 66.9 Å². The Kier molecular flexibility index (Phi) is 12.4. The number of nitrogens with zero attached hydrogens (tertiary/aromatic N) is 5. The van der Waals surface area contributed by atoms with Crippen LogP contribution in [0, 0.1) is 5.82 Å². The Balaban J connectivity index is 0.823. The number of aromatic nitrogens is 3. The largest absolute Gasteiger partial charge is 0.489 e. The molecule has 2 aromatic carbocycles. The number of nitrogen functional groups attached to an aromatic ring is 1. The summed E-state index contributed by atoms with van der Waals surface area (Å²) in [5, 5.41) is 7.26. The Morgan fingerprint density at radius 2 is 1.86 bits per heavy atom. The van der Waals surface area contributed by atoms with Gasteiger partial charge in [-0.05, 0) is 60.7 Å². The molecule has 0 bridgehead atoms. The number of likely N-dealkylation sites (tertiary alicyclic amines) is 1. The summed E-state index contributed by atoms with van der Waals surface area (Å²) in [6.45, 7) is 2.46. The molecule has 0 aliphatic carbocycles. The van der Waals surface area contributed by atoms with Crippen LogP contribution in [0.4, 0.5) is 10.2 Å². The van der Waals surface area contributed by atoms with Crippen molar-refractivity contribution in [3.63, 3.8) is 0 Å². The third-order valence-corrected chi connectivity index (χ3v) is 12.1. The zero-order valence-electron chi connectivity index (χ0n) is 30.3. The van der Waals surface area contributed by atoms with Crippen molar-refractivity contribution in [1.29, 1.82) is 0 Å². The van der Waals surface area contributed by atoms with Crippen LogP contribution >= 0.6 is 35.0 Å². The molecule has 0 saturated carbocycles. The van der Waals surface area contributed by atoms with Crippen LogP contribution in [0.5, 0.6) is 5.75 Å². The van der Waals surface area contributed by atoms with Crippen LogP contribution in [0.3, 0.4) is 0 Å². The molecule has 3 N–H and O–H groups in total. The van der Waals surface area contributed by atoms with Gasteiger partial charge in [0.15, 0.2) is 11.6 Å². The monoisotopic (exact) mass is 823 g/mol. The highest BCUT2D eigenvalue weighted by Gasteiger charge is 2.39. The van der Waals surface area contributed by atoms with Crippen molar-refractivity contribution in [1.82, 2.24) is 29.9 Å². The van der Waals surface area contributed by atoms with Gasteiger partial charge in [0, 0.05) is 77.2 Å². The summed E-state index contributed by atoms with van der Waals surface area (Å²) in [4.78, 5) is 58.7. The van der Waals surface area contributed by atoms with E-state index in [1.165, 1.54) is 12.1 Å². The van der Waals surface area contributed by atoms with Gasteiger partial charge in [0.05, 0.1) is 43.5 Å². The number of carbonyl (C=O) groups excluding carboxylic acids is 4. The molecule has 5 heterocycles. The van der Waals surface area contributed by atoms with Crippen molar-refractivity contribution in [2.24, 2.45) is 0 Å². The minimum absolute atomic E-state index is 0.0305. The number of fused-ring (bicyclic) bond motifs is 1. The molecule has 2 fully saturated rings. The predicted octanol–water partition coefficient (Wildman–Crippen LogP) is 5.72. The number of pyridine rings is 1. The standard InChI is InChI=1S/C39H40Cl2FN7O6S/c40-29-4-5-30(42)36(41)27(29)10-15-55-32-18-23(19-44-37(32)43)24-20-45-49(21-24)25-8-12-47(13-9-25)35(51)11-14-54-16-17-56-33-3-1-2-26-28(33)22-48(39(26)53)31-6-7-34(50)46-38(31)52/h1-5,18-21,25,31H,6-17,22H2,(H2,43,44)(H,46,50,52)/t31-/m1/s1. The first-order chi connectivity index (χ1) is 27.1. The Morgan fingerprint density at radius 3 is 2.66 bits per heavy atom. The lowest BCUT2D eigenvalue weighted by atomic mass is 10.0. The molecular formula is C39H40Cl2FN7O6S. The van der Waals surface area contributed by atoms with Crippen molar-refractivity contribution >= 4 is 64.4 Å². The summed E-state index contributed by atoms with van der Waals surface area (Å²) in [6, 6.07) is 9.50. The number of ether oxygens (including phenoxy) is 2. The summed E-state index contributed by atoms with van der Waals surface area (Å²) in [7, 11) is 0. The molecule has 3 aliphatic heterocycles. The number of hydrogen-bond acceptors (Lipinski definition) is 10. The van der Waals surface area contributed by atoms with Gasteiger partial charge in [-0.1, -0.05) is 29.3 Å². The minimum Gasteiger partial charge on any atom is -0.489 e. The maximum atomic E-state index is 13.9. The van der Waals surface area contributed by atoms with Gasteiger partial charge in [-0.15, -0.1) is 11.8 Å². The van der Waals surface area contributed by atoms with Crippen LogP contribution in [0.1, 0.15) is 59.6 Å². The van der Waals surface area contributed by atoms with E-state index in [4.69, 9.17) is 38.4 Å². The first kappa shape index (κ1) is 39.5. The highest BCUT2D eigenvalue weighted by molar-refractivity contribution is 7.99. The first-order valence-electron chi connectivity index (χ1n) is 18.4. The molecule has 56 heavy (non-hydrogen) atoms. The maximum absolute atomic E-state index is 13.9. The molecule has 294 valence electrons. The smallest absolute Gasteiger partial charge is 0.255 e. The molecule has 0 spiro atoms. The molecule has 4 aromatic rings. The Hall–Kier alpha value is -4.70. The van der Waals surface area contributed by atoms with Gasteiger partial charge < -0.3 is 25.0 Å². The second-order valence-electron chi connectivity index (χ2n) is 13.7. The van der Waals surface area contributed by atoms with Gasteiger partial charge in [-0.25, -0.2) is 9.37 Å². The summed E-state index contributed by atoms with van der Waals surface area (Å²) in [5.74, 6) is -0.205. The van der Waals surface area contributed by atoms with Gasteiger partial charge in [-0.3, -0.25) is 29.2 Å². The molecule has 7 rings (SSSR count). The number of carbonyl (C=O) groups is 4. The molecule has 13 nitrogen and oxygen atoms in total. The number of hydrogen-bond donors (Lipinski definition) is 2. The molecule has 1 atom stereocenters. The number of nitrogens with two attached hydrogens (primary N) is 1. The Bertz CT molecular complexity index is 2150. The molecule has 2 saturated heterocycles. The van der Waals surface area contributed by atoms with Gasteiger partial charge >= 0.3 is 0 Å². The average Bonchev–Trinajstić information content (AvgIpc) is 3.82. The van der Waals surface area contributed by atoms with E-state index in [1.54, 1.807) is 41.2 Å². The quantitative estimate of drug-likeness (QED) is 0.0697. The van der Waals surface area contributed by atoms with Crippen molar-refractivity contribution in [3.8, 4) is 16.9 Å². The van der Waals surface area contributed by atoms with Crippen LogP contribution in [0.15, 0.2) is 59.9 Å². The lowest BCUT2D eigenvalue weighted by Crippen LogP contribution is -2.52. The van der Waals surface area contributed by atoms with Crippen LogP contribution in [0.2, 0.25) is 10.0 Å². The van der Waals surface area contributed by atoms with Gasteiger partial charge in [-0.2, -0.15) is 5.10 Å². The van der Waals surface area contributed by atoms with E-state index in [-0.39, 0.29) is 60.5 Å². The number of thioether (sulfide) groups is 1. The number of imide groups is 1. The van der Waals surface area contributed by atoms with Crippen molar-refractivity contribution < 1.29 is 33.0 Å². The third kappa shape index (κ3) is 8.80. The molecule has 2 aromatic heterocycles. The number of rotatable bonds is 14. The number of amides is 4. The van der Waals surface area contributed by atoms with Crippen LogP contribution < -0.4 is 15.8 Å². The predicted molar refractivity (Wildman–Crippen MR) is 209 cm³/mol. The van der Waals surface area contributed by atoms with Crippen LogP contribution in [-0.4, -0.2) is 92.9 Å². The summed E-state index contributed by atoms with van der Waals surface area (Å²) in [5.41, 5.74) is 9.61. The fraction of sp³-hybridized carbons (Fsp3) is 0.385. The maximum Gasteiger partial charge on any atom is 0.255 e. The average molecular weight is 825 g/mol. The number of piperidine rings is 2. The molecule has 4 amide bonds. The van der Waals surface area contributed by atoms with Crippen molar-refractivity contribution in [2.45, 2.75) is 62.0 Å². The number of nitrogens with one attached hydrogen (secondary N) is 1. The fourth-order valence-corrected chi connectivity index (χ4v) is 8.68. The minimum atomic E-state index is -0.653. The highest BCUT2D eigenvalue weighted by atomic mass is 35.5. The van der Waals surface area contributed by atoms with Crippen LogP contribution in [0.25, 0.3) is 11.1 Å². The van der Waals surface area contributed by atoms with E-state index in [2.05, 4.69) is 15.4 Å². The molecular weight excluding hydrogens is 784 g/mol. The number of halogens is 3. The van der Waals surface area contributed by atoms with Gasteiger partial charge in [0.25, 0.3) is 5.91 Å². The van der Waals surface area contributed by atoms with E-state index in [1.807, 2.05) is 27.9 Å². The lowest BCUT2D eigenvalue weighted by Gasteiger charge is -2.32. The molecule has 0 radical (unpaired) electrons. The topological polar surface area (TPSA) is 162 Å². The zero-order valence-corrected chi connectivity index (χ0v) is 32.7. The Morgan fingerprint density at radius 1 is 1.04 bits per heavy atom. The SMILES string of the molecule is Nc1ncc(-c2cnn(C3CCN(C(=O)CCOCCSc4cccc5c4CN([C@@H]4CCC(=O)NC4=O)C5=O)CC3)c2)cc1OCCc1c(Cl)ccc(F)c1Cl. The number of anilines is 1. The van der Waals surface area contributed by atoms with E-state index in [9.17, 15) is 23.6 Å². The summed E-state index contributed by atoms with van der Waals surface area (Å²) >= 11 is 13.9. The molecule has 17 heteroatoms. The van der Waals surface area contributed by atoms with Crippen molar-refractivity contribution in [2.75, 3.05) is 44.4 Å². The number of benzene rings is 2. The highest BCUT2D eigenvalue weighted by Crippen LogP contribution is 2.35.